The number of benzene rings is 3. The van der Waals surface area contributed by atoms with E-state index in [4.69, 9.17) is 18.7 Å². The first-order chi connectivity index (χ1) is 16.8. The predicted octanol–water partition coefficient (Wildman–Crippen LogP) is 5.57. The van der Waals surface area contributed by atoms with Crippen molar-refractivity contribution in [1.29, 1.82) is 0 Å². The second-order valence-electron chi connectivity index (χ2n) is 7.67. The maximum absolute atomic E-state index is 14.2. The van der Waals surface area contributed by atoms with Gasteiger partial charge in [-0.15, -0.1) is 0 Å². The third-order valence-electron chi connectivity index (χ3n) is 5.66. The lowest BCUT2D eigenvalue weighted by Crippen LogP contribution is -2.31. The van der Waals surface area contributed by atoms with Gasteiger partial charge in [0.2, 0.25) is 0 Å². The van der Waals surface area contributed by atoms with Crippen molar-refractivity contribution in [1.82, 2.24) is 5.16 Å². The Morgan fingerprint density at radius 1 is 0.943 bits per heavy atom. The fraction of sp³-hybridized carbons (Fsp3) is 0.240. The van der Waals surface area contributed by atoms with E-state index in [1.807, 2.05) is 13.0 Å². The summed E-state index contributed by atoms with van der Waals surface area (Å²) in [5.74, 6) is 1.47. The average molecular weight is 561 g/mol. The summed E-state index contributed by atoms with van der Waals surface area (Å²) in [5.41, 5.74) is 1.93. The van der Waals surface area contributed by atoms with E-state index in [0.29, 0.717) is 34.5 Å². The van der Waals surface area contributed by atoms with Gasteiger partial charge in [-0.2, -0.15) is 0 Å². The number of sulfonamides is 1. The first-order valence-corrected chi connectivity index (χ1v) is 13.0. The second kappa shape index (κ2) is 10.2. The maximum atomic E-state index is 14.2. The normalized spacial score (nSPS) is 11.5. The standard InChI is InChI=1S/C25H25BrN2O6S/c1-5-16-6-11-21(32-3)24(12-16)35(29,30)28(15-17-7-9-19(31-2)14-22(17)33-4)25-20-10-8-18(26)13-23(20)34-27-25/h6-14H,5,15H2,1-4H3. The van der Waals surface area contributed by atoms with Gasteiger partial charge in [-0.05, 0) is 54.4 Å². The molecule has 0 aliphatic rings. The predicted molar refractivity (Wildman–Crippen MR) is 137 cm³/mol. The molecule has 0 aliphatic heterocycles. The quantitative estimate of drug-likeness (QED) is 0.264. The van der Waals surface area contributed by atoms with Crippen LogP contribution in [0.4, 0.5) is 5.82 Å². The van der Waals surface area contributed by atoms with Gasteiger partial charge in [-0.3, -0.25) is 0 Å². The van der Waals surface area contributed by atoms with Crippen LogP contribution in [0.5, 0.6) is 17.2 Å². The van der Waals surface area contributed by atoms with E-state index < -0.39 is 10.0 Å². The number of anilines is 1. The van der Waals surface area contributed by atoms with Gasteiger partial charge in [0.1, 0.15) is 22.1 Å². The Morgan fingerprint density at radius 2 is 1.71 bits per heavy atom. The highest BCUT2D eigenvalue weighted by molar-refractivity contribution is 9.10. The van der Waals surface area contributed by atoms with Gasteiger partial charge in [0.15, 0.2) is 11.4 Å². The van der Waals surface area contributed by atoms with Crippen molar-refractivity contribution < 1.29 is 27.2 Å². The monoisotopic (exact) mass is 560 g/mol. The number of aromatic nitrogens is 1. The minimum Gasteiger partial charge on any atom is -0.497 e. The zero-order valence-electron chi connectivity index (χ0n) is 19.7. The van der Waals surface area contributed by atoms with Gasteiger partial charge in [0, 0.05) is 16.1 Å². The van der Waals surface area contributed by atoms with Crippen molar-refractivity contribution in [3.63, 3.8) is 0 Å². The summed E-state index contributed by atoms with van der Waals surface area (Å²) < 4.78 is 52.2. The van der Waals surface area contributed by atoms with Gasteiger partial charge < -0.3 is 18.7 Å². The Kier molecular flexibility index (Phi) is 7.23. The second-order valence-corrected chi connectivity index (χ2v) is 10.4. The summed E-state index contributed by atoms with van der Waals surface area (Å²) in [6.07, 6.45) is 0.666. The fourth-order valence-electron chi connectivity index (χ4n) is 3.75. The van der Waals surface area contributed by atoms with Crippen molar-refractivity contribution in [2.45, 2.75) is 24.8 Å². The van der Waals surface area contributed by atoms with Crippen molar-refractivity contribution >= 4 is 42.7 Å². The number of hydrogen-bond acceptors (Lipinski definition) is 7. The summed E-state index contributed by atoms with van der Waals surface area (Å²) in [4.78, 5) is 0.0418. The molecule has 0 atom stereocenters. The van der Waals surface area contributed by atoms with E-state index in [1.54, 1.807) is 55.6 Å². The lowest BCUT2D eigenvalue weighted by atomic mass is 10.2. The zero-order chi connectivity index (χ0) is 25.2. The summed E-state index contributed by atoms with van der Waals surface area (Å²) in [6.45, 7) is 1.90. The molecule has 0 unspecified atom stereocenters. The van der Waals surface area contributed by atoms with Crippen LogP contribution in [-0.4, -0.2) is 34.9 Å². The third kappa shape index (κ3) is 4.81. The molecule has 0 aliphatic carbocycles. The van der Waals surface area contributed by atoms with Crippen LogP contribution in [0.2, 0.25) is 0 Å². The SMILES string of the molecule is CCc1ccc(OC)c(S(=O)(=O)N(Cc2ccc(OC)cc2OC)c2noc3cc(Br)ccc23)c1. The number of methoxy groups -OCH3 is 3. The topological polar surface area (TPSA) is 91.1 Å². The molecule has 0 saturated carbocycles. The van der Waals surface area contributed by atoms with E-state index in [2.05, 4.69) is 21.1 Å². The number of rotatable bonds is 9. The average Bonchev–Trinajstić information content (AvgIpc) is 3.29. The van der Waals surface area contributed by atoms with E-state index >= 15 is 0 Å². The molecule has 1 heterocycles. The van der Waals surface area contributed by atoms with Crippen molar-refractivity contribution in [2.24, 2.45) is 0 Å². The molecule has 4 aromatic rings. The first kappa shape index (κ1) is 24.9. The number of halogens is 1. The molecule has 0 fully saturated rings. The Bertz CT molecular complexity index is 1470. The lowest BCUT2D eigenvalue weighted by Gasteiger charge is -2.24. The highest BCUT2D eigenvalue weighted by Crippen LogP contribution is 2.37. The van der Waals surface area contributed by atoms with Crippen LogP contribution in [0.1, 0.15) is 18.1 Å². The Balaban J connectivity index is 1.93. The Morgan fingerprint density at radius 3 is 2.40 bits per heavy atom. The molecule has 35 heavy (non-hydrogen) atoms. The molecule has 8 nitrogen and oxygen atoms in total. The van der Waals surface area contributed by atoms with Crippen LogP contribution >= 0.6 is 15.9 Å². The van der Waals surface area contributed by atoms with Crippen molar-refractivity contribution in [2.75, 3.05) is 25.6 Å². The van der Waals surface area contributed by atoms with Gasteiger partial charge in [-0.1, -0.05) is 34.1 Å². The molecule has 184 valence electrons. The van der Waals surface area contributed by atoms with Crippen LogP contribution in [0.15, 0.2) is 68.5 Å². The Hall–Kier alpha value is -3.24. The van der Waals surface area contributed by atoms with Crippen LogP contribution in [-0.2, 0) is 23.0 Å². The van der Waals surface area contributed by atoms with E-state index in [1.165, 1.54) is 18.5 Å². The summed E-state index contributed by atoms with van der Waals surface area (Å²) in [7, 11) is 0.367. The fourth-order valence-corrected chi connectivity index (χ4v) is 5.70. The van der Waals surface area contributed by atoms with Gasteiger partial charge in [-0.25, -0.2) is 12.7 Å². The molecule has 0 saturated heterocycles. The zero-order valence-corrected chi connectivity index (χ0v) is 22.1. The number of ether oxygens (including phenoxy) is 3. The molecule has 0 bridgehead atoms. The van der Waals surface area contributed by atoms with Crippen LogP contribution < -0.4 is 18.5 Å². The molecule has 1 aromatic heterocycles. The van der Waals surface area contributed by atoms with Crippen LogP contribution in [0.25, 0.3) is 11.0 Å². The molecule has 3 aromatic carbocycles. The van der Waals surface area contributed by atoms with Crippen LogP contribution in [0, 0.1) is 0 Å². The lowest BCUT2D eigenvalue weighted by molar-refractivity contribution is 0.391. The molecule has 10 heteroatoms. The highest BCUT2D eigenvalue weighted by Gasteiger charge is 2.33. The van der Waals surface area contributed by atoms with E-state index in [0.717, 1.165) is 10.0 Å². The van der Waals surface area contributed by atoms with Gasteiger partial charge >= 0.3 is 0 Å². The smallest absolute Gasteiger partial charge is 0.269 e. The summed E-state index contributed by atoms with van der Waals surface area (Å²) in [5, 5.41) is 4.71. The number of nitrogens with zero attached hydrogens (tertiary/aromatic N) is 2. The number of hydrogen-bond donors (Lipinski definition) is 0. The third-order valence-corrected chi connectivity index (χ3v) is 7.91. The molecular weight excluding hydrogens is 536 g/mol. The minimum absolute atomic E-state index is 0.0418. The van der Waals surface area contributed by atoms with Gasteiger partial charge in [0.05, 0.1) is 33.3 Å². The van der Waals surface area contributed by atoms with Crippen molar-refractivity contribution in [3.8, 4) is 17.2 Å². The number of aryl methyl sites for hydroxylation is 1. The molecule has 0 amide bonds. The van der Waals surface area contributed by atoms with Gasteiger partial charge in [0.25, 0.3) is 10.0 Å². The highest BCUT2D eigenvalue weighted by atomic mass is 79.9. The molecule has 4 rings (SSSR count). The summed E-state index contributed by atoms with van der Waals surface area (Å²) >= 11 is 3.41. The molecule has 0 N–H and O–H groups in total. The van der Waals surface area contributed by atoms with Crippen molar-refractivity contribution in [3.05, 3.63) is 70.2 Å². The molecule has 0 radical (unpaired) electrons. The first-order valence-electron chi connectivity index (χ1n) is 10.8. The van der Waals surface area contributed by atoms with E-state index in [9.17, 15) is 8.42 Å². The molecule has 0 spiro atoms. The largest absolute Gasteiger partial charge is 0.497 e. The maximum Gasteiger partial charge on any atom is 0.269 e. The van der Waals surface area contributed by atoms with E-state index in [-0.39, 0.29) is 23.0 Å². The minimum atomic E-state index is -4.15. The van der Waals surface area contributed by atoms with Crippen LogP contribution in [0.3, 0.4) is 0 Å². The Labute approximate surface area is 212 Å². The number of fused-ring (bicyclic) bond motifs is 1. The summed E-state index contributed by atoms with van der Waals surface area (Å²) in [6, 6.07) is 15.7. The molecular formula is C25H25BrN2O6S.